The molecule has 0 aliphatic carbocycles. The van der Waals surface area contributed by atoms with Gasteiger partial charge in [-0.15, -0.1) is 0 Å². The van der Waals surface area contributed by atoms with Crippen molar-refractivity contribution < 1.29 is 9.90 Å². The van der Waals surface area contributed by atoms with E-state index in [-0.39, 0.29) is 0 Å². The van der Waals surface area contributed by atoms with Gasteiger partial charge in [0.1, 0.15) is 6.04 Å². The first-order valence-electron chi connectivity index (χ1n) is 5.38. The van der Waals surface area contributed by atoms with Crippen molar-refractivity contribution in [2.45, 2.75) is 33.7 Å². The Morgan fingerprint density at radius 1 is 1.25 bits per heavy atom. The second kappa shape index (κ2) is 4.56. The van der Waals surface area contributed by atoms with Gasteiger partial charge in [-0.2, -0.15) is 0 Å². The van der Waals surface area contributed by atoms with Crippen LogP contribution in [0.25, 0.3) is 0 Å². The average molecular weight is 221 g/mol. The third-order valence-electron chi connectivity index (χ3n) is 3.35. The number of carbonyl (C=O) groups is 1. The third kappa shape index (κ3) is 2.18. The molecule has 0 saturated heterocycles. The fraction of sp³-hybridized carbons (Fsp3) is 0.462. The van der Waals surface area contributed by atoms with Crippen LogP contribution in [0.1, 0.15) is 23.6 Å². The summed E-state index contributed by atoms with van der Waals surface area (Å²) in [6.45, 7) is 7.85. The van der Waals surface area contributed by atoms with Crippen molar-refractivity contribution in [3.05, 3.63) is 28.8 Å². The zero-order valence-electron chi connectivity index (χ0n) is 10.5. The molecular weight excluding hydrogens is 202 g/mol. The van der Waals surface area contributed by atoms with Gasteiger partial charge in [-0.05, 0) is 50.5 Å². The molecule has 3 heteroatoms. The maximum Gasteiger partial charge on any atom is 0.326 e. The molecule has 0 fully saturated rings. The zero-order valence-corrected chi connectivity index (χ0v) is 10.5. The Bertz CT molecular complexity index is 413. The third-order valence-corrected chi connectivity index (χ3v) is 3.35. The number of hydrogen-bond acceptors (Lipinski definition) is 2. The zero-order chi connectivity index (χ0) is 12.5. The molecule has 0 radical (unpaired) electrons. The van der Waals surface area contributed by atoms with Crippen molar-refractivity contribution in [1.29, 1.82) is 0 Å². The summed E-state index contributed by atoms with van der Waals surface area (Å²) in [7, 11) is 1.82. The Morgan fingerprint density at radius 3 is 2.31 bits per heavy atom. The van der Waals surface area contributed by atoms with Crippen LogP contribution in [0.4, 0.5) is 5.69 Å². The van der Waals surface area contributed by atoms with Crippen molar-refractivity contribution in [2.24, 2.45) is 0 Å². The van der Waals surface area contributed by atoms with Gasteiger partial charge in [0.25, 0.3) is 0 Å². The first-order chi connectivity index (χ1) is 7.36. The molecule has 0 amide bonds. The molecule has 0 saturated carbocycles. The number of rotatable bonds is 3. The minimum Gasteiger partial charge on any atom is -0.480 e. The van der Waals surface area contributed by atoms with Crippen molar-refractivity contribution in [1.82, 2.24) is 0 Å². The summed E-state index contributed by atoms with van der Waals surface area (Å²) >= 11 is 0. The highest BCUT2D eigenvalue weighted by Crippen LogP contribution is 2.25. The lowest BCUT2D eigenvalue weighted by Crippen LogP contribution is -2.36. The van der Waals surface area contributed by atoms with Gasteiger partial charge in [0, 0.05) is 12.7 Å². The number of aliphatic carboxylic acids is 1. The van der Waals surface area contributed by atoms with Gasteiger partial charge in [0.05, 0.1) is 0 Å². The minimum atomic E-state index is -0.805. The lowest BCUT2D eigenvalue weighted by molar-refractivity contribution is -0.138. The van der Waals surface area contributed by atoms with E-state index in [9.17, 15) is 4.79 Å². The molecule has 0 aliphatic heterocycles. The molecule has 0 aliphatic rings. The normalized spacial score (nSPS) is 12.3. The number of nitrogens with zero attached hydrogens (tertiary/aromatic N) is 1. The van der Waals surface area contributed by atoms with Crippen LogP contribution in [0.15, 0.2) is 12.1 Å². The Balaban J connectivity index is 3.14. The lowest BCUT2D eigenvalue weighted by atomic mass is 10.0. The molecule has 0 bridgehead atoms. The molecule has 0 aromatic heterocycles. The van der Waals surface area contributed by atoms with Gasteiger partial charge in [-0.25, -0.2) is 4.79 Å². The summed E-state index contributed by atoms with van der Waals surface area (Å²) in [4.78, 5) is 12.7. The van der Waals surface area contributed by atoms with E-state index in [2.05, 4.69) is 13.8 Å². The summed E-state index contributed by atoms with van der Waals surface area (Å²) < 4.78 is 0. The van der Waals surface area contributed by atoms with Crippen molar-refractivity contribution >= 4 is 11.7 Å². The summed E-state index contributed by atoms with van der Waals surface area (Å²) in [5, 5.41) is 8.99. The molecular formula is C13H19NO2. The monoisotopic (exact) mass is 221 g/mol. The standard InChI is InChI=1S/C13H19NO2/c1-8-6-7-12(10(3)9(8)2)14(5)11(4)13(15)16/h6-7,11H,1-5H3,(H,15,16). The maximum atomic E-state index is 10.9. The smallest absolute Gasteiger partial charge is 0.326 e. The summed E-state index contributed by atoms with van der Waals surface area (Å²) in [5.41, 5.74) is 4.59. The molecule has 1 unspecified atom stereocenters. The largest absolute Gasteiger partial charge is 0.480 e. The summed E-state index contributed by atoms with van der Waals surface area (Å²) in [6, 6.07) is 3.50. The Labute approximate surface area is 96.7 Å². The second-order valence-electron chi connectivity index (χ2n) is 4.28. The number of hydrogen-bond donors (Lipinski definition) is 1. The van der Waals surface area contributed by atoms with Gasteiger partial charge >= 0.3 is 5.97 Å². The van der Waals surface area contributed by atoms with Gasteiger partial charge in [-0.3, -0.25) is 0 Å². The Morgan fingerprint density at radius 2 is 1.81 bits per heavy atom. The number of benzene rings is 1. The second-order valence-corrected chi connectivity index (χ2v) is 4.28. The molecule has 88 valence electrons. The van der Waals surface area contributed by atoms with E-state index < -0.39 is 12.0 Å². The summed E-state index contributed by atoms with van der Waals surface area (Å²) in [6.07, 6.45) is 0. The molecule has 1 aromatic rings. The molecule has 1 atom stereocenters. The van der Waals surface area contributed by atoms with E-state index in [0.29, 0.717) is 0 Å². The minimum absolute atomic E-state index is 0.513. The van der Waals surface area contributed by atoms with Crippen LogP contribution in [0.5, 0.6) is 0 Å². The highest BCUT2D eigenvalue weighted by atomic mass is 16.4. The summed E-state index contributed by atoms with van der Waals surface area (Å²) in [5.74, 6) is -0.805. The predicted octanol–water partition coefficient (Wildman–Crippen LogP) is 2.52. The van der Waals surface area contributed by atoms with Gasteiger partial charge < -0.3 is 10.0 Å². The van der Waals surface area contributed by atoms with E-state index in [4.69, 9.17) is 5.11 Å². The van der Waals surface area contributed by atoms with Crippen LogP contribution in [0, 0.1) is 20.8 Å². The fourth-order valence-corrected chi connectivity index (χ4v) is 1.70. The predicted molar refractivity (Wildman–Crippen MR) is 66.2 cm³/mol. The average Bonchev–Trinajstić information content (AvgIpc) is 2.24. The van der Waals surface area contributed by atoms with E-state index in [1.54, 1.807) is 11.8 Å². The van der Waals surface area contributed by atoms with E-state index in [1.807, 2.05) is 26.1 Å². The van der Waals surface area contributed by atoms with Crippen molar-refractivity contribution in [3.63, 3.8) is 0 Å². The fourth-order valence-electron chi connectivity index (χ4n) is 1.70. The van der Waals surface area contributed by atoms with E-state index >= 15 is 0 Å². The van der Waals surface area contributed by atoms with Crippen LogP contribution >= 0.6 is 0 Å². The Hall–Kier alpha value is -1.51. The maximum absolute atomic E-state index is 10.9. The number of anilines is 1. The van der Waals surface area contributed by atoms with Crippen LogP contribution in [0.2, 0.25) is 0 Å². The van der Waals surface area contributed by atoms with Gasteiger partial charge in [-0.1, -0.05) is 6.07 Å². The first kappa shape index (κ1) is 12.6. The molecule has 1 rings (SSSR count). The Kier molecular flexibility index (Phi) is 3.58. The number of carboxylic acid groups (broad SMARTS) is 1. The molecule has 0 spiro atoms. The molecule has 3 nitrogen and oxygen atoms in total. The highest BCUT2D eigenvalue weighted by Gasteiger charge is 2.19. The molecule has 0 heterocycles. The highest BCUT2D eigenvalue weighted by molar-refractivity contribution is 5.78. The van der Waals surface area contributed by atoms with Crippen LogP contribution in [0.3, 0.4) is 0 Å². The molecule has 1 N–H and O–H groups in total. The molecule has 1 aromatic carbocycles. The van der Waals surface area contributed by atoms with Crippen LogP contribution < -0.4 is 4.90 Å². The molecule has 16 heavy (non-hydrogen) atoms. The number of aryl methyl sites for hydroxylation is 1. The van der Waals surface area contributed by atoms with Crippen molar-refractivity contribution in [3.8, 4) is 0 Å². The van der Waals surface area contributed by atoms with Gasteiger partial charge in [0.15, 0.2) is 0 Å². The first-order valence-corrected chi connectivity index (χ1v) is 5.38. The lowest BCUT2D eigenvalue weighted by Gasteiger charge is -2.26. The number of carboxylic acids is 1. The number of likely N-dealkylation sites (N-methyl/N-ethyl adjacent to an activating group) is 1. The quantitative estimate of drug-likeness (QED) is 0.852. The van der Waals surface area contributed by atoms with Crippen LogP contribution in [-0.2, 0) is 4.79 Å². The topological polar surface area (TPSA) is 40.5 Å². The van der Waals surface area contributed by atoms with E-state index in [1.165, 1.54) is 11.1 Å². The SMILES string of the molecule is Cc1ccc(N(C)C(C)C(=O)O)c(C)c1C. The van der Waals surface area contributed by atoms with Crippen LogP contribution in [-0.4, -0.2) is 24.2 Å². The van der Waals surface area contributed by atoms with E-state index in [0.717, 1.165) is 11.3 Å². The van der Waals surface area contributed by atoms with Gasteiger partial charge in [0.2, 0.25) is 0 Å². The van der Waals surface area contributed by atoms with Crippen molar-refractivity contribution in [2.75, 3.05) is 11.9 Å².